The molecule has 0 aliphatic heterocycles. The quantitative estimate of drug-likeness (QED) is 0.788. The third-order valence-corrected chi connectivity index (χ3v) is 2.58. The predicted molar refractivity (Wildman–Crippen MR) is 66.0 cm³/mol. The molecule has 1 unspecified atom stereocenters. The van der Waals surface area contributed by atoms with E-state index in [1.54, 1.807) is 19.1 Å². The first-order valence-corrected chi connectivity index (χ1v) is 5.68. The van der Waals surface area contributed by atoms with E-state index in [-0.39, 0.29) is 6.10 Å². The van der Waals surface area contributed by atoms with E-state index in [1.807, 2.05) is 19.2 Å². The highest BCUT2D eigenvalue weighted by Gasteiger charge is 2.05. The third kappa shape index (κ3) is 4.97. The van der Waals surface area contributed by atoms with Crippen LogP contribution in [0.25, 0.3) is 0 Å². The van der Waals surface area contributed by atoms with E-state index in [4.69, 9.17) is 5.11 Å². The smallest absolute Gasteiger partial charge is 0.335 e. The summed E-state index contributed by atoms with van der Waals surface area (Å²) in [6, 6.07) is 6.87. The lowest BCUT2D eigenvalue weighted by molar-refractivity contribution is 0.0697. The molecule has 1 rings (SSSR count). The van der Waals surface area contributed by atoms with Crippen molar-refractivity contribution >= 4 is 5.97 Å². The molecule has 1 atom stereocenters. The molecule has 0 fully saturated rings. The Morgan fingerprint density at radius 1 is 1.35 bits per heavy atom. The van der Waals surface area contributed by atoms with Crippen LogP contribution in [-0.2, 0) is 6.54 Å². The van der Waals surface area contributed by atoms with Gasteiger partial charge in [-0.3, -0.25) is 0 Å². The molecule has 0 radical (unpaired) electrons. The molecule has 0 aliphatic carbocycles. The lowest BCUT2D eigenvalue weighted by atomic mass is 10.1. The molecule has 0 aromatic heterocycles. The highest BCUT2D eigenvalue weighted by molar-refractivity contribution is 5.87. The van der Waals surface area contributed by atoms with E-state index in [2.05, 4.69) is 4.90 Å². The normalized spacial score (nSPS) is 12.7. The van der Waals surface area contributed by atoms with E-state index in [9.17, 15) is 9.90 Å². The number of aliphatic hydroxyl groups is 1. The second-order valence-corrected chi connectivity index (χ2v) is 4.38. The van der Waals surface area contributed by atoms with Crippen molar-refractivity contribution in [1.29, 1.82) is 0 Å². The Hall–Kier alpha value is -1.39. The average Bonchev–Trinajstić information content (AvgIpc) is 2.27. The van der Waals surface area contributed by atoms with Gasteiger partial charge in [0.25, 0.3) is 0 Å². The Morgan fingerprint density at radius 3 is 2.41 bits per heavy atom. The van der Waals surface area contributed by atoms with Crippen molar-refractivity contribution in [2.45, 2.75) is 26.0 Å². The van der Waals surface area contributed by atoms with Gasteiger partial charge in [0, 0.05) is 13.1 Å². The molecule has 0 aliphatic rings. The van der Waals surface area contributed by atoms with Crippen LogP contribution in [0, 0.1) is 0 Å². The number of nitrogens with zero attached hydrogens (tertiary/aromatic N) is 1. The maximum atomic E-state index is 10.7. The van der Waals surface area contributed by atoms with Crippen molar-refractivity contribution < 1.29 is 15.0 Å². The molecular weight excluding hydrogens is 218 g/mol. The summed E-state index contributed by atoms with van der Waals surface area (Å²) in [4.78, 5) is 12.8. The summed E-state index contributed by atoms with van der Waals surface area (Å²) < 4.78 is 0. The molecule has 1 aromatic rings. The van der Waals surface area contributed by atoms with E-state index >= 15 is 0 Å². The third-order valence-electron chi connectivity index (χ3n) is 2.58. The Labute approximate surface area is 101 Å². The fraction of sp³-hybridized carbons (Fsp3) is 0.462. The number of hydrogen-bond donors (Lipinski definition) is 2. The molecule has 0 spiro atoms. The second kappa shape index (κ2) is 6.37. The molecule has 94 valence electrons. The predicted octanol–water partition coefficient (Wildman–Crippen LogP) is 1.59. The summed E-state index contributed by atoms with van der Waals surface area (Å²) in [5, 5.41) is 17.9. The molecule has 0 saturated heterocycles. The zero-order chi connectivity index (χ0) is 12.8. The van der Waals surface area contributed by atoms with E-state index < -0.39 is 5.97 Å². The van der Waals surface area contributed by atoms with Gasteiger partial charge < -0.3 is 15.1 Å². The van der Waals surface area contributed by atoms with E-state index in [0.717, 1.165) is 25.1 Å². The van der Waals surface area contributed by atoms with Crippen LogP contribution < -0.4 is 0 Å². The summed E-state index contributed by atoms with van der Waals surface area (Å²) in [5.41, 5.74) is 1.38. The average molecular weight is 237 g/mol. The number of carboxylic acids is 1. The number of aliphatic hydroxyl groups excluding tert-OH is 1. The van der Waals surface area contributed by atoms with Gasteiger partial charge in [0.15, 0.2) is 0 Å². The van der Waals surface area contributed by atoms with Gasteiger partial charge in [-0.05, 0) is 38.1 Å². The molecule has 0 heterocycles. The second-order valence-electron chi connectivity index (χ2n) is 4.38. The number of carboxylic acid groups (broad SMARTS) is 1. The minimum Gasteiger partial charge on any atom is -0.478 e. The van der Waals surface area contributed by atoms with Crippen LogP contribution in [0.4, 0.5) is 0 Å². The first kappa shape index (κ1) is 13.7. The van der Waals surface area contributed by atoms with Gasteiger partial charge in [-0.2, -0.15) is 0 Å². The summed E-state index contributed by atoms with van der Waals surface area (Å²) >= 11 is 0. The fourth-order valence-electron chi connectivity index (χ4n) is 1.55. The molecule has 4 nitrogen and oxygen atoms in total. The van der Waals surface area contributed by atoms with Crippen LogP contribution in [0.5, 0.6) is 0 Å². The van der Waals surface area contributed by atoms with Crippen LogP contribution >= 0.6 is 0 Å². The van der Waals surface area contributed by atoms with E-state index in [0.29, 0.717) is 5.56 Å². The van der Waals surface area contributed by atoms with Gasteiger partial charge in [-0.15, -0.1) is 0 Å². The number of carbonyl (C=O) groups is 1. The van der Waals surface area contributed by atoms with Crippen molar-refractivity contribution in [3.8, 4) is 0 Å². The van der Waals surface area contributed by atoms with Crippen LogP contribution in [0.1, 0.15) is 29.3 Å². The van der Waals surface area contributed by atoms with Gasteiger partial charge in [-0.25, -0.2) is 4.79 Å². The largest absolute Gasteiger partial charge is 0.478 e. The number of benzene rings is 1. The monoisotopic (exact) mass is 237 g/mol. The molecule has 2 N–H and O–H groups in total. The summed E-state index contributed by atoms with van der Waals surface area (Å²) in [6.45, 7) is 3.35. The fourth-order valence-corrected chi connectivity index (χ4v) is 1.55. The molecule has 4 heteroatoms. The van der Waals surface area contributed by atoms with Gasteiger partial charge in [0.1, 0.15) is 0 Å². The Kier molecular flexibility index (Phi) is 5.12. The zero-order valence-corrected chi connectivity index (χ0v) is 10.3. The Bertz CT molecular complexity index is 359. The first-order chi connectivity index (χ1) is 7.99. The van der Waals surface area contributed by atoms with Gasteiger partial charge in [0.05, 0.1) is 11.7 Å². The van der Waals surface area contributed by atoms with Crippen LogP contribution in [0.15, 0.2) is 24.3 Å². The lowest BCUT2D eigenvalue weighted by Gasteiger charge is -2.17. The van der Waals surface area contributed by atoms with Crippen LogP contribution in [-0.4, -0.2) is 40.8 Å². The standard InChI is InChI=1S/C13H19NO3/c1-10(15)7-8-14(2)9-11-3-5-12(6-4-11)13(16)17/h3-6,10,15H,7-9H2,1-2H3,(H,16,17). The molecule has 17 heavy (non-hydrogen) atoms. The number of rotatable bonds is 6. The minimum atomic E-state index is -0.904. The van der Waals surface area contributed by atoms with Crippen molar-refractivity contribution in [3.63, 3.8) is 0 Å². The lowest BCUT2D eigenvalue weighted by Crippen LogP contribution is -2.22. The highest BCUT2D eigenvalue weighted by Crippen LogP contribution is 2.07. The molecule has 0 saturated carbocycles. The molecule has 1 aromatic carbocycles. The summed E-state index contributed by atoms with van der Waals surface area (Å²) in [6.07, 6.45) is 0.454. The molecule has 0 bridgehead atoms. The van der Waals surface area contributed by atoms with Crippen molar-refractivity contribution in [3.05, 3.63) is 35.4 Å². The van der Waals surface area contributed by atoms with Crippen molar-refractivity contribution in [2.75, 3.05) is 13.6 Å². The Morgan fingerprint density at radius 2 is 1.94 bits per heavy atom. The minimum absolute atomic E-state index is 0.285. The van der Waals surface area contributed by atoms with Crippen LogP contribution in [0.3, 0.4) is 0 Å². The SMILES string of the molecule is CC(O)CCN(C)Cc1ccc(C(=O)O)cc1. The number of hydrogen-bond acceptors (Lipinski definition) is 3. The molecular formula is C13H19NO3. The summed E-state index contributed by atoms with van der Waals surface area (Å²) in [5.74, 6) is -0.904. The van der Waals surface area contributed by atoms with Gasteiger partial charge in [0.2, 0.25) is 0 Å². The first-order valence-electron chi connectivity index (χ1n) is 5.68. The topological polar surface area (TPSA) is 60.8 Å². The van der Waals surface area contributed by atoms with Gasteiger partial charge in [-0.1, -0.05) is 12.1 Å². The number of aromatic carboxylic acids is 1. The maximum Gasteiger partial charge on any atom is 0.335 e. The maximum absolute atomic E-state index is 10.7. The highest BCUT2D eigenvalue weighted by atomic mass is 16.4. The summed E-state index contributed by atoms with van der Waals surface area (Å²) in [7, 11) is 1.98. The van der Waals surface area contributed by atoms with E-state index in [1.165, 1.54) is 0 Å². The van der Waals surface area contributed by atoms with Crippen molar-refractivity contribution in [1.82, 2.24) is 4.90 Å². The van der Waals surface area contributed by atoms with Crippen LogP contribution in [0.2, 0.25) is 0 Å². The molecule has 0 amide bonds. The zero-order valence-electron chi connectivity index (χ0n) is 10.3. The van der Waals surface area contributed by atoms with Crippen molar-refractivity contribution in [2.24, 2.45) is 0 Å². The van der Waals surface area contributed by atoms with Gasteiger partial charge >= 0.3 is 5.97 Å². The Balaban J connectivity index is 2.48.